The zero-order chi connectivity index (χ0) is 12.9. The van der Waals surface area contributed by atoms with E-state index in [1.165, 1.54) is 5.71 Å². The first-order valence-corrected chi connectivity index (χ1v) is 8.13. The summed E-state index contributed by atoms with van der Waals surface area (Å²) in [6.45, 7) is 0.869. The first-order valence-electron chi connectivity index (χ1n) is 7.15. The Balaban J connectivity index is 0.00000121. The lowest BCUT2D eigenvalue weighted by atomic mass is 9.74. The van der Waals surface area contributed by atoms with Crippen LogP contribution in [0.15, 0.2) is 29.3 Å². The zero-order valence-corrected chi connectivity index (χ0v) is 12.9. The van der Waals surface area contributed by atoms with Gasteiger partial charge in [0.25, 0.3) is 0 Å². The molecule has 0 aromatic heterocycles. The van der Waals surface area contributed by atoms with E-state index < -0.39 is 0 Å². The Morgan fingerprint density at radius 2 is 2.20 bits per heavy atom. The van der Waals surface area contributed by atoms with Gasteiger partial charge in [-0.3, -0.25) is 9.79 Å². The molecule has 1 spiro atoms. The van der Waals surface area contributed by atoms with Crippen LogP contribution < -0.4 is 5.32 Å². The van der Waals surface area contributed by atoms with Crippen molar-refractivity contribution in [2.75, 3.05) is 12.3 Å². The van der Waals surface area contributed by atoms with Crippen molar-refractivity contribution >= 4 is 35.8 Å². The fraction of sp³-hybridized carbons (Fsp3) is 0.600. The first kappa shape index (κ1) is 14.2. The van der Waals surface area contributed by atoms with Gasteiger partial charge in [-0.05, 0) is 31.3 Å². The smallest absolute Gasteiger partial charge is 0.224 e. The number of amides is 1. The van der Waals surface area contributed by atoms with Crippen molar-refractivity contribution in [3.63, 3.8) is 0 Å². The summed E-state index contributed by atoms with van der Waals surface area (Å²) in [5.41, 5.74) is 1.18. The van der Waals surface area contributed by atoms with E-state index in [0.29, 0.717) is 12.0 Å². The SMILES string of the molecule is Cl.O=C(NC1CC1)C1CSC23C=CC=CC2=NCCC13. The van der Waals surface area contributed by atoms with E-state index in [4.69, 9.17) is 0 Å². The third-order valence-corrected chi connectivity index (χ3v) is 6.28. The summed E-state index contributed by atoms with van der Waals surface area (Å²) in [5, 5.41) is 3.19. The van der Waals surface area contributed by atoms with E-state index in [0.717, 1.165) is 31.6 Å². The Morgan fingerprint density at radius 1 is 1.35 bits per heavy atom. The average Bonchev–Trinajstić information content (AvgIpc) is 3.16. The minimum atomic E-state index is -0.0153. The van der Waals surface area contributed by atoms with Crippen LogP contribution in [0.1, 0.15) is 19.3 Å². The number of halogens is 1. The Hall–Kier alpha value is -0.740. The summed E-state index contributed by atoms with van der Waals surface area (Å²) in [7, 11) is 0. The van der Waals surface area contributed by atoms with Crippen LogP contribution in [-0.2, 0) is 4.79 Å². The zero-order valence-electron chi connectivity index (χ0n) is 11.2. The number of hydrogen-bond acceptors (Lipinski definition) is 3. The summed E-state index contributed by atoms with van der Waals surface area (Å²) in [6.07, 6.45) is 11.9. The molecular formula is C15H19ClN2OS. The van der Waals surface area contributed by atoms with Gasteiger partial charge in [-0.1, -0.05) is 18.2 Å². The number of nitrogens with one attached hydrogen (secondary N) is 1. The molecule has 0 bridgehead atoms. The molecule has 108 valence electrons. The molecule has 1 saturated carbocycles. The van der Waals surface area contributed by atoms with Crippen LogP contribution in [0.3, 0.4) is 0 Å². The standard InChI is InChI=1S/C15H18N2OS.ClH/c18-14(17-10-4-5-10)11-9-19-15-7-2-1-3-13(15)16-8-6-12(11)15;/h1-3,7,10-12H,4-6,8-9H2,(H,17,18);1H. The van der Waals surface area contributed by atoms with Gasteiger partial charge in [-0.25, -0.2) is 0 Å². The summed E-state index contributed by atoms with van der Waals surface area (Å²) in [4.78, 5) is 17.1. The van der Waals surface area contributed by atoms with Crippen molar-refractivity contribution in [1.82, 2.24) is 5.32 Å². The molecule has 1 N–H and O–H groups in total. The van der Waals surface area contributed by atoms with Crippen LogP contribution in [0.25, 0.3) is 0 Å². The molecular weight excluding hydrogens is 292 g/mol. The van der Waals surface area contributed by atoms with Gasteiger partial charge in [0.2, 0.25) is 5.91 Å². The monoisotopic (exact) mass is 310 g/mol. The summed E-state index contributed by atoms with van der Waals surface area (Å²) >= 11 is 1.91. The van der Waals surface area contributed by atoms with Crippen molar-refractivity contribution in [2.45, 2.75) is 30.1 Å². The van der Waals surface area contributed by atoms with Gasteiger partial charge in [-0.15, -0.1) is 24.2 Å². The number of rotatable bonds is 2. The molecule has 2 aliphatic heterocycles. The van der Waals surface area contributed by atoms with E-state index in [9.17, 15) is 4.79 Å². The molecule has 2 heterocycles. The number of aliphatic imine (C=N–C) groups is 1. The molecule has 1 amide bonds. The molecule has 20 heavy (non-hydrogen) atoms. The molecule has 3 atom stereocenters. The molecule has 3 unspecified atom stereocenters. The van der Waals surface area contributed by atoms with Gasteiger partial charge >= 0.3 is 0 Å². The van der Waals surface area contributed by atoms with E-state index in [2.05, 4.69) is 34.6 Å². The normalized spacial score (nSPS) is 37.5. The van der Waals surface area contributed by atoms with Crippen molar-refractivity contribution in [2.24, 2.45) is 16.8 Å². The lowest BCUT2D eigenvalue weighted by molar-refractivity contribution is -0.125. The van der Waals surface area contributed by atoms with Gasteiger partial charge in [0.15, 0.2) is 0 Å². The maximum absolute atomic E-state index is 12.4. The highest BCUT2D eigenvalue weighted by Gasteiger charge is 2.54. The Kier molecular flexibility index (Phi) is 3.71. The second-order valence-electron chi connectivity index (χ2n) is 5.87. The Labute approximate surface area is 129 Å². The summed E-state index contributed by atoms with van der Waals surface area (Å²) in [5.74, 6) is 1.79. The molecule has 3 nitrogen and oxygen atoms in total. The third kappa shape index (κ3) is 2.13. The highest BCUT2D eigenvalue weighted by molar-refractivity contribution is 8.02. The van der Waals surface area contributed by atoms with Crippen LogP contribution in [0.5, 0.6) is 0 Å². The van der Waals surface area contributed by atoms with E-state index >= 15 is 0 Å². The second-order valence-corrected chi connectivity index (χ2v) is 7.17. The number of allylic oxidation sites excluding steroid dienone is 3. The number of nitrogens with zero attached hydrogens (tertiary/aromatic N) is 1. The molecule has 0 aromatic rings. The second kappa shape index (κ2) is 5.23. The van der Waals surface area contributed by atoms with Crippen molar-refractivity contribution < 1.29 is 4.79 Å². The first-order chi connectivity index (χ1) is 9.29. The fourth-order valence-corrected chi connectivity index (χ4v) is 5.25. The molecule has 2 aliphatic carbocycles. The maximum Gasteiger partial charge on any atom is 0.224 e. The van der Waals surface area contributed by atoms with Crippen LogP contribution in [0.4, 0.5) is 0 Å². The molecule has 0 radical (unpaired) electrons. The molecule has 4 aliphatic rings. The number of carbonyl (C=O) groups is 1. The number of thioether (sulfide) groups is 1. The minimum Gasteiger partial charge on any atom is -0.353 e. The highest BCUT2D eigenvalue weighted by atomic mass is 35.5. The van der Waals surface area contributed by atoms with E-state index in [1.54, 1.807) is 0 Å². The van der Waals surface area contributed by atoms with Crippen molar-refractivity contribution in [3.8, 4) is 0 Å². The molecule has 1 saturated heterocycles. The van der Waals surface area contributed by atoms with Gasteiger partial charge in [0.05, 0.1) is 16.4 Å². The van der Waals surface area contributed by atoms with Crippen molar-refractivity contribution in [1.29, 1.82) is 0 Å². The Morgan fingerprint density at radius 3 is 3.00 bits per heavy atom. The highest BCUT2D eigenvalue weighted by Crippen LogP contribution is 2.52. The lowest BCUT2D eigenvalue weighted by Crippen LogP contribution is -2.46. The molecule has 5 heteroatoms. The van der Waals surface area contributed by atoms with Crippen LogP contribution >= 0.6 is 24.2 Å². The number of carbonyl (C=O) groups excluding carboxylic acids is 1. The predicted octanol–water partition coefficient (Wildman–Crippen LogP) is 2.38. The minimum absolute atomic E-state index is 0. The van der Waals surface area contributed by atoms with Gasteiger partial charge in [0.1, 0.15) is 0 Å². The van der Waals surface area contributed by atoms with Crippen LogP contribution in [-0.4, -0.2) is 34.7 Å². The molecule has 4 rings (SSSR count). The fourth-order valence-electron chi connectivity index (χ4n) is 3.46. The maximum atomic E-state index is 12.4. The van der Waals surface area contributed by atoms with E-state index in [1.807, 2.05) is 11.8 Å². The van der Waals surface area contributed by atoms with Gasteiger partial charge in [-0.2, -0.15) is 0 Å². The van der Waals surface area contributed by atoms with Gasteiger partial charge < -0.3 is 5.32 Å². The topological polar surface area (TPSA) is 41.5 Å². The molecule has 0 aromatic carbocycles. The predicted molar refractivity (Wildman–Crippen MR) is 85.8 cm³/mol. The summed E-state index contributed by atoms with van der Waals surface area (Å²) in [6, 6.07) is 0.465. The average molecular weight is 311 g/mol. The molecule has 2 fully saturated rings. The van der Waals surface area contributed by atoms with Crippen LogP contribution in [0.2, 0.25) is 0 Å². The Bertz CT molecular complexity index is 512. The van der Waals surface area contributed by atoms with Crippen LogP contribution in [0, 0.1) is 11.8 Å². The largest absolute Gasteiger partial charge is 0.353 e. The van der Waals surface area contributed by atoms with E-state index in [-0.39, 0.29) is 29.0 Å². The van der Waals surface area contributed by atoms with Crippen molar-refractivity contribution in [3.05, 3.63) is 24.3 Å². The van der Waals surface area contributed by atoms with Gasteiger partial charge in [0, 0.05) is 18.3 Å². The number of hydrogen-bond donors (Lipinski definition) is 1. The third-order valence-electron chi connectivity index (χ3n) is 4.63. The lowest BCUT2D eigenvalue weighted by Gasteiger charge is -2.38. The quantitative estimate of drug-likeness (QED) is 0.851. The summed E-state index contributed by atoms with van der Waals surface area (Å²) < 4.78 is -0.0153.